The molecule has 4 nitrogen and oxygen atoms in total. The van der Waals surface area contributed by atoms with E-state index >= 15 is 0 Å². The zero-order valence-corrected chi connectivity index (χ0v) is 13.5. The molecule has 0 amide bonds. The Morgan fingerprint density at radius 1 is 0.958 bits per heavy atom. The van der Waals surface area contributed by atoms with Crippen molar-refractivity contribution >= 4 is 17.3 Å². The molecule has 3 rings (SSSR count). The van der Waals surface area contributed by atoms with Gasteiger partial charge in [-0.2, -0.15) is 0 Å². The van der Waals surface area contributed by atoms with Gasteiger partial charge in [-0.15, -0.1) is 0 Å². The first-order valence-electron chi connectivity index (χ1n) is 7.90. The topological polar surface area (TPSA) is 49.8 Å². The van der Waals surface area contributed by atoms with Crippen LogP contribution in [0.15, 0.2) is 60.9 Å². The summed E-state index contributed by atoms with van der Waals surface area (Å²) in [7, 11) is 0. The number of aryl methyl sites for hydroxylation is 1. The van der Waals surface area contributed by atoms with Crippen LogP contribution in [0.2, 0.25) is 0 Å². The van der Waals surface area contributed by atoms with Crippen molar-refractivity contribution < 1.29 is 4.39 Å². The Balaban J connectivity index is 1.66. The second-order valence-corrected chi connectivity index (χ2v) is 5.41. The molecule has 0 saturated heterocycles. The van der Waals surface area contributed by atoms with E-state index in [-0.39, 0.29) is 5.82 Å². The molecule has 0 bridgehead atoms. The van der Waals surface area contributed by atoms with Gasteiger partial charge in [-0.1, -0.05) is 37.3 Å². The van der Waals surface area contributed by atoms with Gasteiger partial charge in [-0.3, -0.25) is 0 Å². The summed E-state index contributed by atoms with van der Waals surface area (Å²) in [4.78, 5) is 8.38. The van der Waals surface area contributed by atoms with E-state index in [9.17, 15) is 4.39 Å². The van der Waals surface area contributed by atoms with Crippen molar-refractivity contribution in [2.45, 2.75) is 19.9 Å². The third-order valence-electron chi connectivity index (χ3n) is 3.72. The molecule has 1 heterocycles. The fourth-order valence-electron chi connectivity index (χ4n) is 2.32. The summed E-state index contributed by atoms with van der Waals surface area (Å²) in [6.45, 7) is 2.49. The Morgan fingerprint density at radius 2 is 1.71 bits per heavy atom. The van der Waals surface area contributed by atoms with Crippen molar-refractivity contribution in [2.75, 3.05) is 10.6 Å². The smallest absolute Gasteiger partial charge is 0.135 e. The predicted molar refractivity (Wildman–Crippen MR) is 94.9 cm³/mol. The van der Waals surface area contributed by atoms with Crippen LogP contribution in [0.25, 0.3) is 0 Å². The van der Waals surface area contributed by atoms with Gasteiger partial charge in [0.15, 0.2) is 0 Å². The number of halogens is 1. The summed E-state index contributed by atoms with van der Waals surface area (Å²) < 4.78 is 13.6. The lowest BCUT2D eigenvalue weighted by atomic mass is 10.1. The summed E-state index contributed by atoms with van der Waals surface area (Å²) >= 11 is 0. The van der Waals surface area contributed by atoms with Gasteiger partial charge in [-0.25, -0.2) is 14.4 Å². The first-order valence-corrected chi connectivity index (χ1v) is 7.90. The first kappa shape index (κ1) is 15.9. The normalized spacial score (nSPS) is 10.4. The minimum Gasteiger partial charge on any atom is -0.366 e. The molecule has 0 aliphatic rings. The van der Waals surface area contributed by atoms with Gasteiger partial charge in [0.05, 0.1) is 0 Å². The number of hydrogen-bond donors (Lipinski definition) is 2. The van der Waals surface area contributed by atoms with Gasteiger partial charge in [0.25, 0.3) is 0 Å². The van der Waals surface area contributed by atoms with Gasteiger partial charge < -0.3 is 10.6 Å². The maximum Gasteiger partial charge on any atom is 0.135 e. The van der Waals surface area contributed by atoms with Crippen molar-refractivity contribution in [3.63, 3.8) is 0 Å². The van der Waals surface area contributed by atoms with Gasteiger partial charge >= 0.3 is 0 Å². The Morgan fingerprint density at radius 3 is 2.46 bits per heavy atom. The van der Waals surface area contributed by atoms with Crippen molar-refractivity contribution in [3.05, 3.63) is 77.9 Å². The van der Waals surface area contributed by atoms with Gasteiger partial charge in [0.2, 0.25) is 0 Å². The molecule has 2 N–H and O–H groups in total. The van der Waals surface area contributed by atoms with E-state index in [2.05, 4.69) is 39.7 Å². The van der Waals surface area contributed by atoms with Crippen LogP contribution < -0.4 is 10.6 Å². The Hall–Kier alpha value is -2.95. The molecule has 0 aliphatic carbocycles. The minimum absolute atomic E-state index is 0.228. The SMILES string of the molecule is CCc1ccc(Nc2cc(NCc3ccccc3F)ncn2)cc1. The maximum absolute atomic E-state index is 13.6. The molecular formula is C19H19FN4. The molecule has 122 valence electrons. The predicted octanol–water partition coefficient (Wildman–Crippen LogP) is 4.53. The molecule has 0 saturated carbocycles. The minimum atomic E-state index is -0.228. The van der Waals surface area contributed by atoms with Crippen LogP contribution in [0.5, 0.6) is 0 Å². The maximum atomic E-state index is 13.6. The van der Waals surface area contributed by atoms with E-state index in [1.165, 1.54) is 18.0 Å². The van der Waals surface area contributed by atoms with E-state index in [0.717, 1.165) is 12.1 Å². The molecule has 0 radical (unpaired) electrons. The van der Waals surface area contributed by atoms with Gasteiger partial charge in [-0.05, 0) is 30.2 Å². The van der Waals surface area contributed by atoms with Crippen LogP contribution in [-0.2, 0) is 13.0 Å². The van der Waals surface area contributed by atoms with Crippen molar-refractivity contribution in [3.8, 4) is 0 Å². The molecule has 0 atom stereocenters. The van der Waals surface area contributed by atoms with Crippen LogP contribution in [-0.4, -0.2) is 9.97 Å². The third-order valence-corrected chi connectivity index (χ3v) is 3.72. The molecule has 24 heavy (non-hydrogen) atoms. The van der Waals surface area contributed by atoms with Gasteiger partial charge in [0.1, 0.15) is 23.8 Å². The molecule has 0 aliphatic heterocycles. The monoisotopic (exact) mass is 322 g/mol. The third kappa shape index (κ3) is 4.07. The zero-order chi connectivity index (χ0) is 16.8. The van der Waals surface area contributed by atoms with Gasteiger partial charge in [0, 0.05) is 23.9 Å². The van der Waals surface area contributed by atoms with Crippen molar-refractivity contribution in [1.29, 1.82) is 0 Å². The highest BCUT2D eigenvalue weighted by Crippen LogP contribution is 2.18. The average molecular weight is 322 g/mol. The van der Waals surface area contributed by atoms with E-state index < -0.39 is 0 Å². The van der Waals surface area contributed by atoms with Crippen molar-refractivity contribution in [1.82, 2.24) is 9.97 Å². The number of benzene rings is 2. The van der Waals surface area contributed by atoms with E-state index in [0.29, 0.717) is 23.7 Å². The van der Waals surface area contributed by atoms with Crippen LogP contribution in [0, 0.1) is 5.82 Å². The number of anilines is 3. The molecule has 2 aromatic carbocycles. The Bertz CT molecular complexity index is 802. The molecule has 0 fully saturated rings. The number of nitrogens with one attached hydrogen (secondary N) is 2. The van der Waals surface area contributed by atoms with Crippen LogP contribution in [0.1, 0.15) is 18.1 Å². The number of nitrogens with zero attached hydrogens (tertiary/aromatic N) is 2. The fraction of sp³-hybridized carbons (Fsp3) is 0.158. The fourth-order valence-corrected chi connectivity index (χ4v) is 2.32. The highest BCUT2D eigenvalue weighted by Gasteiger charge is 2.03. The second kappa shape index (κ2) is 7.55. The molecular weight excluding hydrogens is 303 g/mol. The second-order valence-electron chi connectivity index (χ2n) is 5.41. The summed E-state index contributed by atoms with van der Waals surface area (Å²) in [6, 6.07) is 16.7. The highest BCUT2D eigenvalue weighted by atomic mass is 19.1. The Kier molecular flexibility index (Phi) is 5.01. The highest BCUT2D eigenvalue weighted by molar-refractivity contribution is 5.59. The molecule has 3 aromatic rings. The lowest BCUT2D eigenvalue weighted by Crippen LogP contribution is -2.04. The number of aromatic nitrogens is 2. The van der Waals surface area contributed by atoms with E-state index in [1.807, 2.05) is 18.2 Å². The summed E-state index contributed by atoms with van der Waals surface area (Å²) in [5.41, 5.74) is 2.85. The van der Waals surface area contributed by atoms with Crippen LogP contribution in [0.3, 0.4) is 0 Å². The average Bonchev–Trinajstić information content (AvgIpc) is 2.62. The molecule has 0 unspecified atom stereocenters. The summed E-state index contributed by atoms with van der Waals surface area (Å²) in [6.07, 6.45) is 2.49. The summed E-state index contributed by atoms with van der Waals surface area (Å²) in [5.74, 6) is 1.10. The number of rotatable bonds is 6. The first-order chi connectivity index (χ1) is 11.7. The van der Waals surface area contributed by atoms with Crippen LogP contribution in [0.4, 0.5) is 21.7 Å². The van der Waals surface area contributed by atoms with E-state index in [1.54, 1.807) is 18.2 Å². The molecule has 5 heteroatoms. The quantitative estimate of drug-likeness (QED) is 0.700. The number of hydrogen-bond acceptors (Lipinski definition) is 4. The van der Waals surface area contributed by atoms with Crippen LogP contribution >= 0.6 is 0 Å². The lowest BCUT2D eigenvalue weighted by Gasteiger charge is -2.09. The summed E-state index contributed by atoms with van der Waals surface area (Å²) in [5, 5.41) is 6.36. The van der Waals surface area contributed by atoms with Crippen molar-refractivity contribution in [2.24, 2.45) is 0 Å². The molecule has 0 spiro atoms. The lowest BCUT2D eigenvalue weighted by molar-refractivity contribution is 0.613. The zero-order valence-electron chi connectivity index (χ0n) is 13.5. The molecule has 1 aromatic heterocycles. The standard InChI is InChI=1S/C19H19FN4/c1-2-14-7-9-16(10-8-14)24-19-11-18(22-13-23-19)21-12-15-5-3-4-6-17(15)20/h3-11,13H,2,12H2,1H3,(H2,21,22,23,24). The van der Waals surface area contributed by atoms with E-state index in [4.69, 9.17) is 0 Å². The Labute approximate surface area is 140 Å². The largest absolute Gasteiger partial charge is 0.366 e.